The standard InChI is InChI=1S/C12H14N4O/c1-2-9(6-13-3-1)10-7-15-12(16-10)11-8-17-5-4-14-11/h1-3,6-7,11,14H,4-5,8H2,(H,15,16)/t11-/m0/s1. The van der Waals surface area contributed by atoms with Crippen LogP contribution in [0.15, 0.2) is 30.7 Å². The summed E-state index contributed by atoms with van der Waals surface area (Å²) in [6, 6.07) is 4.08. The highest BCUT2D eigenvalue weighted by atomic mass is 16.5. The molecule has 3 heterocycles. The third-order valence-electron chi connectivity index (χ3n) is 2.82. The van der Waals surface area contributed by atoms with Gasteiger partial charge in [0.15, 0.2) is 0 Å². The Morgan fingerprint density at radius 1 is 1.35 bits per heavy atom. The van der Waals surface area contributed by atoms with E-state index in [4.69, 9.17) is 4.74 Å². The number of aromatic amines is 1. The highest BCUT2D eigenvalue weighted by Crippen LogP contribution is 2.19. The van der Waals surface area contributed by atoms with Crippen molar-refractivity contribution >= 4 is 0 Å². The normalized spacial score (nSPS) is 20.4. The summed E-state index contributed by atoms with van der Waals surface area (Å²) in [6.07, 6.45) is 5.42. The first kappa shape index (κ1) is 10.4. The summed E-state index contributed by atoms with van der Waals surface area (Å²) in [6.45, 7) is 2.31. The Morgan fingerprint density at radius 2 is 2.35 bits per heavy atom. The van der Waals surface area contributed by atoms with Crippen LogP contribution in [0.4, 0.5) is 0 Å². The first-order valence-corrected chi connectivity index (χ1v) is 5.70. The predicted molar refractivity (Wildman–Crippen MR) is 63.4 cm³/mol. The summed E-state index contributed by atoms with van der Waals surface area (Å²) in [5.41, 5.74) is 2.03. The average molecular weight is 230 g/mol. The maximum absolute atomic E-state index is 5.42. The molecule has 1 aliphatic heterocycles. The van der Waals surface area contributed by atoms with Crippen LogP contribution in [0.5, 0.6) is 0 Å². The third kappa shape index (κ3) is 2.20. The molecule has 1 atom stereocenters. The molecule has 88 valence electrons. The van der Waals surface area contributed by atoms with Crippen LogP contribution in [0.3, 0.4) is 0 Å². The van der Waals surface area contributed by atoms with Crippen molar-refractivity contribution in [2.24, 2.45) is 0 Å². The van der Waals surface area contributed by atoms with Gasteiger partial charge in [-0.3, -0.25) is 4.98 Å². The molecule has 0 aromatic carbocycles. The van der Waals surface area contributed by atoms with Gasteiger partial charge in [-0.1, -0.05) is 0 Å². The smallest absolute Gasteiger partial charge is 0.126 e. The third-order valence-corrected chi connectivity index (χ3v) is 2.82. The Balaban J connectivity index is 1.83. The summed E-state index contributed by atoms with van der Waals surface area (Å²) >= 11 is 0. The van der Waals surface area contributed by atoms with E-state index in [1.54, 1.807) is 6.20 Å². The predicted octanol–water partition coefficient (Wildman–Crippen LogP) is 1.13. The van der Waals surface area contributed by atoms with Gasteiger partial charge < -0.3 is 15.0 Å². The van der Waals surface area contributed by atoms with Crippen LogP contribution >= 0.6 is 0 Å². The maximum Gasteiger partial charge on any atom is 0.126 e. The van der Waals surface area contributed by atoms with E-state index in [0.717, 1.165) is 30.2 Å². The molecule has 0 radical (unpaired) electrons. The van der Waals surface area contributed by atoms with E-state index in [1.807, 2.05) is 24.5 Å². The first-order valence-electron chi connectivity index (χ1n) is 5.70. The molecule has 17 heavy (non-hydrogen) atoms. The summed E-state index contributed by atoms with van der Waals surface area (Å²) in [5, 5.41) is 3.37. The Hall–Kier alpha value is -1.72. The fourth-order valence-electron chi connectivity index (χ4n) is 1.92. The molecule has 0 amide bonds. The van der Waals surface area contributed by atoms with Gasteiger partial charge in [-0.15, -0.1) is 0 Å². The molecule has 3 rings (SSSR count). The first-order chi connectivity index (χ1) is 8.43. The number of ether oxygens (including phenoxy) is 1. The Labute approximate surface area is 99.3 Å². The number of hydrogen-bond donors (Lipinski definition) is 2. The van der Waals surface area contributed by atoms with Crippen molar-refractivity contribution < 1.29 is 4.74 Å². The van der Waals surface area contributed by atoms with Crippen LogP contribution in [0, 0.1) is 0 Å². The number of imidazole rings is 1. The lowest BCUT2D eigenvalue weighted by atomic mass is 10.2. The number of morpholine rings is 1. The number of H-pyrrole nitrogens is 1. The topological polar surface area (TPSA) is 62.8 Å². The largest absolute Gasteiger partial charge is 0.378 e. The van der Waals surface area contributed by atoms with E-state index >= 15 is 0 Å². The van der Waals surface area contributed by atoms with Crippen LogP contribution in [0.2, 0.25) is 0 Å². The van der Waals surface area contributed by atoms with E-state index in [0.29, 0.717) is 6.61 Å². The maximum atomic E-state index is 5.42. The zero-order chi connectivity index (χ0) is 11.5. The van der Waals surface area contributed by atoms with Crippen LogP contribution < -0.4 is 5.32 Å². The van der Waals surface area contributed by atoms with Gasteiger partial charge in [-0.05, 0) is 12.1 Å². The minimum Gasteiger partial charge on any atom is -0.378 e. The summed E-state index contributed by atoms with van der Waals surface area (Å²) < 4.78 is 5.42. The van der Waals surface area contributed by atoms with Gasteiger partial charge >= 0.3 is 0 Å². The lowest BCUT2D eigenvalue weighted by Gasteiger charge is -2.21. The van der Waals surface area contributed by atoms with E-state index < -0.39 is 0 Å². The molecule has 1 aliphatic rings. The fraction of sp³-hybridized carbons (Fsp3) is 0.333. The van der Waals surface area contributed by atoms with E-state index in [-0.39, 0.29) is 6.04 Å². The molecule has 2 aromatic heterocycles. The van der Waals surface area contributed by atoms with E-state index in [9.17, 15) is 0 Å². The summed E-state index contributed by atoms with van der Waals surface area (Å²) in [4.78, 5) is 11.8. The van der Waals surface area contributed by atoms with Crippen LogP contribution in [-0.4, -0.2) is 34.7 Å². The Morgan fingerprint density at radius 3 is 3.12 bits per heavy atom. The monoisotopic (exact) mass is 230 g/mol. The molecular weight excluding hydrogens is 216 g/mol. The number of nitrogens with zero attached hydrogens (tertiary/aromatic N) is 2. The van der Waals surface area contributed by atoms with Crippen molar-refractivity contribution in [1.29, 1.82) is 0 Å². The van der Waals surface area contributed by atoms with Gasteiger partial charge in [0.25, 0.3) is 0 Å². The molecule has 2 aromatic rings. The number of nitrogens with one attached hydrogen (secondary N) is 2. The van der Waals surface area contributed by atoms with Gasteiger partial charge in [0, 0.05) is 24.5 Å². The lowest BCUT2D eigenvalue weighted by molar-refractivity contribution is 0.0745. The molecule has 0 aliphatic carbocycles. The van der Waals surface area contributed by atoms with Crippen molar-refractivity contribution in [1.82, 2.24) is 20.3 Å². The molecule has 5 heteroatoms. The minimum absolute atomic E-state index is 0.161. The molecule has 0 unspecified atom stereocenters. The summed E-state index contributed by atoms with van der Waals surface area (Å²) in [5.74, 6) is 0.920. The summed E-state index contributed by atoms with van der Waals surface area (Å²) in [7, 11) is 0. The second-order valence-corrected chi connectivity index (χ2v) is 4.01. The zero-order valence-corrected chi connectivity index (χ0v) is 9.39. The van der Waals surface area contributed by atoms with Crippen LogP contribution in [-0.2, 0) is 4.74 Å². The van der Waals surface area contributed by atoms with Gasteiger partial charge in [0.05, 0.1) is 31.1 Å². The molecule has 2 N–H and O–H groups in total. The van der Waals surface area contributed by atoms with Crippen molar-refractivity contribution in [3.63, 3.8) is 0 Å². The molecule has 5 nitrogen and oxygen atoms in total. The number of hydrogen-bond acceptors (Lipinski definition) is 4. The van der Waals surface area contributed by atoms with Gasteiger partial charge in [0.2, 0.25) is 0 Å². The molecule has 1 fully saturated rings. The second kappa shape index (κ2) is 4.65. The number of pyridine rings is 1. The number of rotatable bonds is 2. The van der Waals surface area contributed by atoms with E-state index in [2.05, 4.69) is 20.3 Å². The van der Waals surface area contributed by atoms with Crippen molar-refractivity contribution in [3.8, 4) is 11.3 Å². The molecule has 0 saturated carbocycles. The van der Waals surface area contributed by atoms with Crippen LogP contribution in [0.1, 0.15) is 11.9 Å². The lowest BCUT2D eigenvalue weighted by Crippen LogP contribution is -2.35. The SMILES string of the molecule is c1cncc(-c2cnc([C@@H]3COCCN3)[nH]2)c1. The van der Waals surface area contributed by atoms with Gasteiger partial charge in [0.1, 0.15) is 5.82 Å². The molecule has 1 saturated heterocycles. The fourth-order valence-corrected chi connectivity index (χ4v) is 1.92. The quantitative estimate of drug-likeness (QED) is 0.812. The van der Waals surface area contributed by atoms with E-state index in [1.165, 1.54) is 0 Å². The zero-order valence-electron chi connectivity index (χ0n) is 9.39. The second-order valence-electron chi connectivity index (χ2n) is 4.01. The molecule has 0 spiro atoms. The van der Waals surface area contributed by atoms with Gasteiger partial charge in [-0.2, -0.15) is 0 Å². The highest BCUT2D eigenvalue weighted by molar-refractivity contribution is 5.56. The van der Waals surface area contributed by atoms with Crippen molar-refractivity contribution in [3.05, 3.63) is 36.5 Å². The highest BCUT2D eigenvalue weighted by Gasteiger charge is 2.18. The minimum atomic E-state index is 0.161. The number of aromatic nitrogens is 3. The Kier molecular flexibility index (Phi) is 2.85. The van der Waals surface area contributed by atoms with Crippen molar-refractivity contribution in [2.45, 2.75) is 6.04 Å². The Bertz CT molecular complexity index is 476. The van der Waals surface area contributed by atoms with Gasteiger partial charge in [-0.25, -0.2) is 4.98 Å². The average Bonchev–Trinajstić information content (AvgIpc) is 2.90. The van der Waals surface area contributed by atoms with Crippen LogP contribution in [0.25, 0.3) is 11.3 Å². The molecular formula is C12H14N4O. The van der Waals surface area contributed by atoms with Crippen molar-refractivity contribution in [2.75, 3.05) is 19.8 Å². The molecule has 0 bridgehead atoms.